The average Bonchev–Trinajstić information content (AvgIpc) is 3.07. The van der Waals surface area contributed by atoms with E-state index in [0.717, 1.165) is 30.8 Å². The molecule has 0 N–H and O–H groups in total. The largest absolute Gasteiger partial charge is 0.406 e. The van der Waals surface area contributed by atoms with Crippen molar-refractivity contribution in [3.63, 3.8) is 0 Å². The summed E-state index contributed by atoms with van der Waals surface area (Å²) in [6.45, 7) is 5.31. The standard InChI is InChI=1S/C18H30F3N3O2/c1-14(2)11-24(13-18(19,20)21)16(25)12-22-9-5-15(6-10-22)17(26)23-7-3-4-8-23/h14-15H,3-13H2,1-2H3. The summed E-state index contributed by atoms with van der Waals surface area (Å²) in [5, 5.41) is 0. The van der Waals surface area contributed by atoms with Crippen LogP contribution < -0.4 is 0 Å². The number of piperidine rings is 1. The molecule has 2 heterocycles. The summed E-state index contributed by atoms with van der Waals surface area (Å²) in [5.74, 6) is -0.321. The lowest BCUT2D eigenvalue weighted by atomic mass is 9.95. The van der Waals surface area contributed by atoms with E-state index >= 15 is 0 Å². The fourth-order valence-corrected chi connectivity index (χ4v) is 3.74. The topological polar surface area (TPSA) is 43.9 Å². The van der Waals surface area contributed by atoms with Gasteiger partial charge in [0.05, 0.1) is 6.54 Å². The Balaban J connectivity index is 1.82. The number of hydrogen-bond donors (Lipinski definition) is 0. The lowest BCUT2D eigenvalue weighted by Crippen LogP contribution is -2.48. The number of hydrogen-bond acceptors (Lipinski definition) is 3. The Hall–Kier alpha value is -1.31. The van der Waals surface area contributed by atoms with Crippen LogP contribution in [0.2, 0.25) is 0 Å². The minimum atomic E-state index is -4.39. The highest BCUT2D eigenvalue weighted by Gasteiger charge is 2.35. The van der Waals surface area contributed by atoms with E-state index in [4.69, 9.17) is 0 Å². The zero-order chi connectivity index (χ0) is 19.3. The molecule has 26 heavy (non-hydrogen) atoms. The fraction of sp³-hybridized carbons (Fsp3) is 0.889. The second-order valence-electron chi connectivity index (χ2n) is 7.87. The molecule has 5 nitrogen and oxygen atoms in total. The van der Waals surface area contributed by atoms with E-state index in [1.807, 2.05) is 9.80 Å². The summed E-state index contributed by atoms with van der Waals surface area (Å²) in [6.07, 6.45) is -0.925. The Labute approximate surface area is 153 Å². The lowest BCUT2D eigenvalue weighted by Gasteiger charge is -2.34. The van der Waals surface area contributed by atoms with Crippen molar-refractivity contribution in [1.29, 1.82) is 0 Å². The number of nitrogens with zero attached hydrogens (tertiary/aromatic N) is 3. The van der Waals surface area contributed by atoms with Gasteiger partial charge in [0.15, 0.2) is 0 Å². The summed E-state index contributed by atoms with van der Waals surface area (Å²) >= 11 is 0. The zero-order valence-corrected chi connectivity index (χ0v) is 15.7. The maximum atomic E-state index is 12.7. The van der Waals surface area contributed by atoms with Crippen LogP contribution in [0, 0.1) is 11.8 Å². The maximum absolute atomic E-state index is 12.7. The van der Waals surface area contributed by atoms with Gasteiger partial charge >= 0.3 is 6.18 Å². The quantitative estimate of drug-likeness (QED) is 0.714. The molecule has 0 aliphatic carbocycles. The Kier molecular flexibility index (Phi) is 7.32. The molecule has 0 aromatic rings. The van der Waals surface area contributed by atoms with Crippen molar-refractivity contribution in [2.45, 2.75) is 45.7 Å². The molecule has 2 saturated heterocycles. The van der Waals surface area contributed by atoms with Crippen LogP contribution in [-0.2, 0) is 9.59 Å². The van der Waals surface area contributed by atoms with Gasteiger partial charge in [-0.15, -0.1) is 0 Å². The first-order valence-electron chi connectivity index (χ1n) is 9.51. The van der Waals surface area contributed by atoms with Crippen molar-refractivity contribution >= 4 is 11.8 Å². The van der Waals surface area contributed by atoms with Crippen LogP contribution in [0.5, 0.6) is 0 Å². The van der Waals surface area contributed by atoms with E-state index in [1.54, 1.807) is 13.8 Å². The molecule has 2 aliphatic heterocycles. The number of likely N-dealkylation sites (tertiary alicyclic amines) is 2. The van der Waals surface area contributed by atoms with Crippen LogP contribution in [0.1, 0.15) is 39.5 Å². The van der Waals surface area contributed by atoms with Crippen molar-refractivity contribution in [3.05, 3.63) is 0 Å². The minimum Gasteiger partial charge on any atom is -0.342 e. The number of amides is 2. The molecule has 0 aromatic heterocycles. The van der Waals surface area contributed by atoms with E-state index in [9.17, 15) is 22.8 Å². The first-order valence-corrected chi connectivity index (χ1v) is 9.51. The summed E-state index contributed by atoms with van der Waals surface area (Å²) in [4.78, 5) is 29.5. The van der Waals surface area contributed by atoms with Crippen LogP contribution in [0.3, 0.4) is 0 Å². The van der Waals surface area contributed by atoms with E-state index < -0.39 is 18.6 Å². The molecule has 8 heteroatoms. The second-order valence-corrected chi connectivity index (χ2v) is 7.87. The average molecular weight is 377 g/mol. The van der Waals surface area contributed by atoms with Crippen molar-refractivity contribution in [1.82, 2.24) is 14.7 Å². The number of carbonyl (C=O) groups excluding carboxylic acids is 2. The first-order chi connectivity index (χ1) is 12.2. The molecule has 2 amide bonds. The molecule has 0 saturated carbocycles. The molecule has 0 atom stereocenters. The van der Waals surface area contributed by atoms with E-state index in [-0.39, 0.29) is 30.8 Å². The van der Waals surface area contributed by atoms with Crippen molar-refractivity contribution in [2.75, 3.05) is 45.8 Å². The molecular formula is C18H30F3N3O2. The Morgan fingerprint density at radius 2 is 1.65 bits per heavy atom. The first kappa shape index (κ1) is 21.0. The number of alkyl halides is 3. The summed E-state index contributed by atoms with van der Waals surface area (Å²) in [5.41, 5.74) is 0. The van der Waals surface area contributed by atoms with Gasteiger partial charge in [0.25, 0.3) is 0 Å². The molecule has 0 aromatic carbocycles. The normalized spacial score (nSPS) is 20.0. The molecule has 0 unspecified atom stereocenters. The van der Waals surface area contributed by atoms with Crippen molar-refractivity contribution < 1.29 is 22.8 Å². The highest BCUT2D eigenvalue weighted by Crippen LogP contribution is 2.23. The van der Waals surface area contributed by atoms with Crippen LogP contribution in [-0.4, -0.2) is 78.5 Å². The number of carbonyl (C=O) groups is 2. The molecule has 0 spiro atoms. The Bertz CT molecular complexity index is 483. The van der Waals surface area contributed by atoms with Gasteiger partial charge < -0.3 is 9.80 Å². The molecular weight excluding hydrogens is 347 g/mol. The van der Waals surface area contributed by atoms with Crippen LogP contribution >= 0.6 is 0 Å². The fourth-order valence-electron chi connectivity index (χ4n) is 3.74. The smallest absolute Gasteiger partial charge is 0.342 e. The van der Waals surface area contributed by atoms with E-state index in [2.05, 4.69) is 0 Å². The summed E-state index contributed by atoms with van der Waals surface area (Å²) in [6, 6.07) is 0. The Morgan fingerprint density at radius 1 is 1.08 bits per heavy atom. The highest BCUT2D eigenvalue weighted by molar-refractivity contribution is 5.80. The number of rotatable bonds is 6. The summed E-state index contributed by atoms with van der Waals surface area (Å²) in [7, 11) is 0. The minimum absolute atomic E-state index is 0.00652. The lowest BCUT2D eigenvalue weighted by molar-refractivity contribution is -0.163. The molecule has 2 rings (SSSR count). The summed E-state index contributed by atoms with van der Waals surface area (Å²) < 4.78 is 38.2. The predicted molar refractivity (Wildman–Crippen MR) is 92.5 cm³/mol. The van der Waals surface area contributed by atoms with Crippen molar-refractivity contribution in [2.24, 2.45) is 11.8 Å². The van der Waals surface area contributed by atoms with Gasteiger partial charge in [-0.2, -0.15) is 13.2 Å². The third-order valence-corrected chi connectivity index (χ3v) is 5.02. The van der Waals surface area contributed by atoms with Gasteiger partial charge in [-0.25, -0.2) is 0 Å². The van der Waals surface area contributed by atoms with Crippen LogP contribution in [0.15, 0.2) is 0 Å². The second kappa shape index (κ2) is 9.06. The Morgan fingerprint density at radius 3 is 2.15 bits per heavy atom. The molecule has 2 fully saturated rings. The molecule has 2 aliphatic rings. The highest BCUT2D eigenvalue weighted by atomic mass is 19.4. The van der Waals surface area contributed by atoms with E-state index in [1.165, 1.54) is 0 Å². The monoisotopic (exact) mass is 377 g/mol. The van der Waals surface area contributed by atoms with Crippen LogP contribution in [0.25, 0.3) is 0 Å². The predicted octanol–water partition coefficient (Wildman–Crippen LogP) is 2.37. The van der Waals surface area contributed by atoms with Gasteiger partial charge in [-0.1, -0.05) is 13.8 Å². The maximum Gasteiger partial charge on any atom is 0.406 e. The molecule has 0 radical (unpaired) electrons. The van der Waals surface area contributed by atoms with Gasteiger partial charge in [0.2, 0.25) is 11.8 Å². The third kappa shape index (κ3) is 6.45. The number of halogens is 3. The SMILES string of the molecule is CC(C)CN(CC(F)(F)F)C(=O)CN1CCC(C(=O)N2CCCC2)CC1. The molecule has 150 valence electrons. The van der Waals surface area contributed by atoms with Gasteiger partial charge in [0.1, 0.15) is 6.54 Å². The van der Waals surface area contributed by atoms with Gasteiger partial charge in [-0.3, -0.25) is 14.5 Å². The molecule has 0 bridgehead atoms. The van der Waals surface area contributed by atoms with Gasteiger partial charge in [-0.05, 0) is 44.7 Å². The van der Waals surface area contributed by atoms with E-state index in [0.29, 0.717) is 25.9 Å². The third-order valence-electron chi connectivity index (χ3n) is 5.02. The van der Waals surface area contributed by atoms with Crippen LogP contribution in [0.4, 0.5) is 13.2 Å². The zero-order valence-electron chi connectivity index (χ0n) is 15.7. The van der Waals surface area contributed by atoms with Crippen molar-refractivity contribution in [3.8, 4) is 0 Å². The van der Waals surface area contributed by atoms with Gasteiger partial charge in [0, 0.05) is 25.6 Å².